The zero-order valence-electron chi connectivity index (χ0n) is 12.1. The highest BCUT2D eigenvalue weighted by molar-refractivity contribution is 5.99. The maximum atomic E-state index is 12.4. The number of rotatable bonds is 4. The summed E-state index contributed by atoms with van der Waals surface area (Å²) in [6, 6.07) is 5.14. The van der Waals surface area contributed by atoms with Crippen LogP contribution in [0.15, 0.2) is 18.2 Å². The number of carbonyl (C=O) groups excluding carboxylic acids is 1. The predicted octanol–water partition coefficient (Wildman–Crippen LogP) is 1.78. The van der Waals surface area contributed by atoms with Gasteiger partial charge in [-0.05, 0) is 30.9 Å². The highest BCUT2D eigenvalue weighted by atomic mass is 16.5. The molecule has 0 saturated carbocycles. The van der Waals surface area contributed by atoms with E-state index < -0.39 is 0 Å². The molecule has 1 aromatic rings. The summed E-state index contributed by atoms with van der Waals surface area (Å²) in [7, 11) is 3.38. The Balaban J connectivity index is 2.02. The number of carbonyl (C=O) groups is 1. The lowest BCUT2D eigenvalue weighted by molar-refractivity contribution is 0.0389. The summed E-state index contributed by atoms with van der Waals surface area (Å²) < 4.78 is 10.5. The maximum absolute atomic E-state index is 12.4. The molecular weight excluding hydrogens is 256 g/mol. The van der Waals surface area contributed by atoms with E-state index >= 15 is 0 Å². The minimum Gasteiger partial charge on any atom is -0.497 e. The first-order chi connectivity index (χ1) is 9.61. The second-order valence-electron chi connectivity index (χ2n) is 5.22. The number of ether oxygens (including phenoxy) is 2. The molecule has 0 radical (unpaired) electrons. The highest BCUT2D eigenvalue weighted by Crippen LogP contribution is 2.22. The topological polar surface area (TPSA) is 64.8 Å². The molecule has 0 aromatic heterocycles. The van der Waals surface area contributed by atoms with E-state index in [1.807, 2.05) is 0 Å². The number of hydrogen-bond acceptors (Lipinski definition) is 4. The van der Waals surface area contributed by atoms with Crippen molar-refractivity contribution in [1.82, 2.24) is 4.90 Å². The van der Waals surface area contributed by atoms with Crippen molar-refractivity contribution in [3.63, 3.8) is 0 Å². The van der Waals surface area contributed by atoms with Crippen LogP contribution in [0.5, 0.6) is 5.75 Å². The first-order valence-electron chi connectivity index (χ1n) is 6.88. The lowest BCUT2D eigenvalue weighted by Gasteiger charge is -2.27. The Hall–Kier alpha value is -1.75. The van der Waals surface area contributed by atoms with E-state index in [4.69, 9.17) is 15.2 Å². The number of nitrogens with two attached hydrogens (primary N) is 1. The van der Waals surface area contributed by atoms with E-state index in [-0.39, 0.29) is 5.91 Å². The average molecular weight is 278 g/mol. The lowest BCUT2D eigenvalue weighted by Crippen LogP contribution is -2.35. The quantitative estimate of drug-likeness (QED) is 0.853. The summed E-state index contributed by atoms with van der Waals surface area (Å²) in [6.07, 6.45) is 2.17. The van der Waals surface area contributed by atoms with E-state index in [1.165, 1.54) is 0 Å². The van der Waals surface area contributed by atoms with E-state index in [9.17, 15) is 4.79 Å². The molecule has 1 saturated heterocycles. The van der Waals surface area contributed by atoms with Gasteiger partial charge in [0.2, 0.25) is 0 Å². The molecule has 1 heterocycles. The van der Waals surface area contributed by atoms with Gasteiger partial charge in [-0.1, -0.05) is 0 Å². The number of anilines is 1. The average Bonchev–Trinajstić information content (AvgIpc) is 2.47. The van der Waals surface area contributed by atoms with E-state index in [0.29, 0.717) is 29.5 Å². The molecule has 5 heteroatoms. The summed E-state index contributed by atoms with van der Waals surface area (Å²) in [5.41, 5.74) is 6.88. The number of nitrogens with zero attached hydrogens (tertiary/aromatic N) is 1. The normalized spacial score (nSPS) is 18.6. The van der Waals surface area contributed by atoms with Crippen LogP contribution < -0.4 is 10.5 Å². The molecule has 2 rings (SSSR count). The van der Waals surface area contributed by atoms with Crippen molar-refractivity contribution in [2.24, 2.45) is 5.92 Å². The molecule has 1 amide bonds. The highest BCUT2D eigenvalue weighted by Gasteiger charge is 2.21. The summed E-state index contributed by atoms with van der Waals surface area (Å²) >= 11 is 0. The van der Waals surface area contributed by atoms with Crippen LogP contribution in [0.4, 0.5) is 5.69 Å². The van der Waals surface area contributed by atoms with Crippen molar-refractivity contribution in [2.45, 2.75) is 12.8 Å². The molecule has 2 N–H and O–H groups in total. The Morgan fingerprint density at radius 2 is 2.35 bits per heavy atom. The summed E-state index contributed by atoms with van der Waals surface area (Å²) in [5.74, 6) is 1.01. The van der Waals surface area contributed by atoms with Crippen molar-refractivity contribution in [2.75, 3.05) is 39.6 Å². The molecule has 1 atom stereocenters. The number of hydrogen-bond donors (Lipinski definition) is 1. The van der Waals surface area contributed by atoms with Gasteiger partial charge in [-0.2, -0.15) is 0 Å². The molecule has 0 aliphatic carbocycles. The smallest absolute Gasteiger partial charge is 0.255 e. The number of nitrogen functional groups attached to an aromatic ring is 1. The molecule has 1 aliphatic rings. The van der Waals surface area contributed by atoms with Gasteiger partial charge in [0.25, 0.3) is 5.91 Å². The first kappa shape index (κ1) is 14.7. The van der Waals surface area contributed by atoms with Crippen LogP contribution in [-0.2, 0) is 4.74 Å². The van der Waals surface area contributed by atoms with Crippen LogP contribution in [0.2, 0.25) is 0 Å². The van der Waals surface area contributed by atoms with Crippen LogP contribution in [0.1, 0.15) is 23.2 Å². The molecule has 0 bridgehead atoms. The third-order valence-corrected chi connectivity index (χ3v) is 3.62. The third-order valence-electron chi connectivity index (χ3n) is 3.62. The fourth-order valence-corrected chi connectivity index (χ4v) is 2.49. The van der Waals surface area contributed by atoms with Gasteiger partial charge in [0.15, 0.2) is 0 Å². The first-order valence-corrected chi connectivity index (χ1v) is 6.88. The molecule has 110 valence electrons. The van der Waals surface area contributed by atoms with Gasteiger partial charge >= 0.3 is 0 Å². The predicted molar refractivity (Wildman–Crippen MR) is 77.9 cm³/mol. The number of methoxy groups -OCH3 is 1. The Kier molecular flexibility index (Phi) is 4.84. The van der Waals surface area contributed by atoms with Gasteiger partial charge in [-0.3, -0.25) is 4.79 Å². The number of benzene rings is 1. The van der Waals surface area contributed by atoms with Crippen LogP contribution in [-0.4, -0.2) is 44.7 Å². The van der Waals surface area contributed by atoms with Crippen molar-refractivity contribution in [3.05, 3.63) is 23.8 Å². The Bertz CT molecular complexity index is 470. The van der Waals surface area contributed by atoms with Crippen molar-refractivity contribution >= 4 is 11.6 Å². The standard InChI is InChI=1S/C15H22N2O3/c1-17(9-11-4-3-7-20-10-11)15(18)13-6-5-12(19-2)8-14(13)16/h5-6,8,11H,3-4,7,9-10,16H2,1-2H3. The fourth-order valence-electron chi connectivity index (χ4n) is 2.49. The zero-order chi connectivity index (χ0) is 14.5. The molecule has 5 nitrogen and oxygen atoms in total. The van der Waals surface area contributed by atoms with Crippen LogP contribution in [0.3, 0.4) is 0 Å². The van der Waals surface area contributed by atoms with Crippen LogP contribution in [0, 0.1) is 5.92 Å². The van der Waals surface area contributed by atoms with Crippen LogP contribution in [0.25, 0.3) is 0 Å². The molecule has 1 aliphatic heterocycles. The van der Waals surface area contributed by atoms with Gasteiger partial charge < -0.3 is 20.1 Å². The van der Waals surface area contributed by atoms with E-state index in [2.05, 4.69) is 0 Å². The summed E-state index contributed by atoms with van der Waals surface area (Å²) in [5, 5.41) is 0. The minimum atomic E-state index is -0.0595. The van der Waals surface area contributed by atoms with Crippen LogP contribution >= 0.6 is 0 Å². The molecule has 20 heavy (non-hydrogen) atoms. The number of amides is 1. The maximum Gasteiger partial charge on any atom is 0.255 e. The second-order valence-corrected chi connectivity index (χ2v) is 5.22. The minimum absolute atomic E-state index is 0.0595. The summed E-state index contributed by atoms with van der Waals surface area (Å²) in [4.78, 5) is 14.1. The molecule has 0 spiro atoms. The van der Waals surface area contributed by atoms with E-state index in [0.717, 1.165) is 26.1 Å². The molecule has 1 aromatic carbocycles. The fraction of sp³-hybridized carbons (Fsp3) is 0.533. The Morgan fingerprint density at radius 3 is 2.95 bits per heavy atom. The monoisotopic (exact) mass is 278 g/mol. The van der Waals surface area contributed by atoms with Crippen molar-refractivity contribution in [1.29, 1.82) is 0 Å². The summed E-state index contributed by atoms with van der Waals surface area (Å²) in [6.45, 7) is 2.26. The van der Waals surface area contributed by atoms with Gasteiger partial charge in [0, 0.05) is 32.0 Å². The third kappa shape index (κ3) is 3.42. The molecule has 1 unspecified atom stereocenters. The molecule has 1 fully saturated rings. The SMILES string of the molecule is COc1ccc(C(=O)N(C)CC2CCCOC2)c(N)c1. The van der Waals surface area contributed by atoms with Gasteiger partial charge in [-0.15, -0.1) is 0 Å². The second kappa shape index (κ2) is 6.61. The Labute approximate surface area is 119 Å². The largest absolute Gasteiger partial charge is 0.497 e. The lowest BCUT2D eigenvalue weighted by atomic mass is 10.0. The van der Waals surface area contributed by atoms with Gasteiger partial charge in [-0.25, -0.2) is 0 Å². The van der Waals surface area contributed by atoms with Crippen molar-refractivity contribution < 1.29 is 14.3 Å². The molecular formula is C15H22N2O3. The zero-order valence-corrected chi connectivity index (χ0v) is 12.1. The van der Waals surface area contributed by atoms with E-state index in [1.54, 1.807) is 37.3 Å². The van der Waals surface area contributed by atoms with Crippen molar-refractivity contribution in [3.8, 4) is 5.75 Å². The van der Waals surface area contributed by atoms with Gasteiger partial charge in [0.1, 0.15) is 5.75 Å². The Morgan fingerprint density at radius 1 is 1.55 bits per heavy atom. The van der Waals surface area contributed by atoms with Gasteiger partial charge in [0.05, 0.1) is 19.3 Å².